The van der Waals surface area contributed by atoms with Crippen molar-refractivity contribution >= 4 is 23.1 Å². The number of benzene rings is 1. The van der Waals surface area contributed by atoms with Crippen LogP contribution >= 0.6 is 0 Å². The summed E-state index contributed by atoms with van der Waals surface area (Å²) in [5.41, 5.74) is 2.34. The fraction of sp³-hybridized carbons (Fsp3) is 0.474. The highest BCUT2D eigenvalue weighted by Gasteiger charge is 2.15. The Balaban J connectivity index is 1.64. The monoisotopic (exact) mass is 325 g/mol. The van der Waals surface area contributed by atoms with Crippen molar-refractivity contribution in [3.05, 3.63) is 36.5 Å². The van der Waals surface area contributed by atoms with Gasteiger partial charge in [0, 0.05) is 36.7 Å². The first-order valence-electron chi connectivity index (χ1n) is 8.82. The Kier molecular flexibility index (Phi) is 5.18. The molecule has 1 aliphatic rings. The highest BCUT2D eigenvalue weighted by molar-refractivity contribution is 5.61. The first-order chi connectivity index (χ1) is 11.6. The standard InChI is InChI=1S/C19H27N5/c1-14(2)21-19-20-11-8-18(23-19)22-16-4-6-17(7-5-16)24-12-9-15(3)10-13-24/h4-8,11,14-15H,9-10,12-13H2,1-3H3,(H2,20,21,22,23). The lowest BCUT2D eigenvalue weighted by Crippen LogP contribution is -2.32. The number of piperidine rings is 1. The molecule has 0 bridgehead atoms. The highest BCUT2D eigenvalue weighted by atomic mass is 15.2. The Bertz CT molecular complexity index is 645. The molecule has 128 valence electrons. The molecule has 0 atom stereocenters. The van der Waals surface area contributed by atoms with Gasteiger partial charge in [-0.05, 0) is 62.9 Å². The zero-order valence-corrected chi connectivity index (χ0v) is 14.8. The molecule has 1 aromatic carbocycles. The van der Waals surface area contributed by atoms with E-state index in [2.05, 4.69) is 70.5 Å². The third-order valence-electron chi connectivity index (χ3n) is 4.36. The zero-order chi connectivity index (χ0) is 16.9. The van der Waals surface area contributed by atoms with E-state index in [0.717, 1.165) is 30.5 Å². The van der Waals surface area contributed by atoms with Gasteiger partial charge in [0.05, 0.1) is 0 Å². The lowest BCUT2D eigenvalue weighted by Gasteiger charge is -2.32. The lowest BCUT2D eigenvalue weighted by atomic mass is 9.99. The van der Waals surface area contributed by atoms with Crippen LogP contribution in [0.4, 0.5) is 23.1 Å². The summed E-state index contributed by atoms with van der Waals surface area (Å²) in [6.07, 6.45) is 4.34. The van der Waals surface area contributed by atoms with Gasteiger partial charge in [0.25, 0.3) is 0 Å². The number of nitrogens with one attached hydrogen (secondary N) is 2. The quantitative estimate of drug-likeness (QED) is 0.859. The number of hydrogen-bond donors (Lipinski definition) is 2. The predicted octanol–water partition coefficient (Wildman–Crippen LogP) is 4.28. The summed E-state index contributed by atoms with van der Waals surface area (Å²) in [4.78, 5) is 11.2. The highest BCUT2D eigenvalue weighted by Crippen LogP contribution is 2.25. The molecule has 2 aromatic rings. The Hall–Kier alpha value is -2.30. The Morgan fingerprint density at radius 2 is 1.79 bits per heavy atom. The molecule has 5 nitrogen and oxygen atoms in total. The van der Waals surface area contributed by atoms with Crippen molar-refractivity contribution in [2.24, 2.45) is 5.92 Å². The number of aromatic nitrogens is 2. The summed E-state index contributed by atoms with van der Waals surface area (Å²) in [6.45, 7) is 8.80. The van der Waals surface area contributed by atoms with Gasteiger partial charge in [-0.3, -0.25) is 0 Å². The normalized spacial score (nSPS) is 15.6. The Labute approximate surface area is 144 Å². The molecule has 1 aliphatic heterocycles. The molecule has 0 unspecified atom stereocenters. The largest absolute Gasteiger partial charge is 0.372 e. The van der Waals surface area contributed by atoms with Crippen LogP contribution in [0.25, 0.3) is 0 Å². The average molecular weight is 325 g/mol. The number of nitrogens with zero attached hydrogens (tertiary/aromatic N) is 3. The van der Waals surface area contributed by atoms with Gasteiger partial charge in [-0.1, -0.05) is 6.92 Å². The molecule has 5 heteroatoms. The van der Waals surface area contributed by atoms with Crippen molar-refractivity contribution < 1.29 is 0 Å². The van der Waals surface area contributed by atoms with Gasteiger partial charge < -0.3 is 15.5 Å². The van der Waals surface area contributed by atoms with E-state index < -0.39 is 0 Å². The van der Waals surface area contributed by atoms with Crippen LogP contribution in [-0.2, 0) is 0 Å². The second kappa shape index (κ2) is 7.51. The third-order valence-corrected chi connectivity index (χ3v) is 4.36. The Morgan fingerprint density at radius 1 is 1.08 bits per heavy atom. The van der Waals surface area contributed by atoms with Gasteiger partial charge in [-0.2, -0.15) is 4.98 Å². The van der Waals surface area contributed by atoms with E-state index in [0.29, 0.717) is 12.0 Å². The molecule has 2 N–H and O–H groups in total. The van der Waals surface area contributed by atoms with Crippen molar-refractivity contribution in [3.8, 4) is 0 Å². The van der Waals surface area contributed by atoms with Crippen molar-refractivity contribution in [2.75, 3.05) is 28.6 Å². The van der Waals surface area contributed by atoms with E-state index in [-0.39, 0.29) is 0 Å². The van der Waals surface area contributed by atoms with Crippen LogP contribution in [0, 0.1) is 5.92 Å². The number of anilines is 4. The molecule has 0 saturated carbocycles. The minimum Gasteiger partial charge on any atom is -0.372 e. The Morgan fingerprint density at radius 3 is 2.46 bits per heavy atom. The van der Waals surface area contributed by atoms with E-state index in [1.54, 1.807) is 6.20 Å². The van der Waals surface area contributed by atoms with E-state index >= 15 is 0 Å². The summed E-state index contributed by atoms with van der Waals surface area (Å²) in [7, 11) is 0. The summed E-state index contributed by atoms with van der Waals surface area (Å²) in [5, 5.41) is 6.56. The minimum atomic E-state index is 0.312. The number of hydrogen-bond acceptors (Lipinski definition) is 5. The van der Waals surface area contributed by atoms with Crippen molar-refractivity contribution in [1.82, 2.24) is 9.97 Å². The van der Waals surface area contributed by atoms with Crippen LogP contribution in [0.15, 0.2) is 36.5 Å². The minimum absolute atomic E-state index is 0.312. The third kappa shape index (κ3) is 4.37. The molecule has 3 rings (SSSR count). The van der Waals surface area contributed by atoms with E-state index in [1.807, 2.05) is 6.07 Å². The maximum Gasteiger partial charge on any atom is 0.224 e. The van der Waals surface area contributed by atoms with E-state index in [1.165, 1.54) is 18.5 Å². The van der Waals surface area contributed by atoms with Crippen LogP contribution in [0.1, 0.15) is 33.6 Å². The van der Waals surface area contributed by atoms with Crippen LogP contribution in [0.2, 0.25) is 0 Å². The van der Waals surface area contributed by atoms with Crippen LogP contribution in [-0.4, -0.2) is 29.1 Å². The topological polar surface area (TPSA) is 53.1 Å². The molecule has 1 fully saturated rings. The molecular formula is C19H27N5. The molecule has 1 saturated heterocycles. The molecular weight excluding hydrogens is 298 g/mol. The predicted molar refractivity (Wildman–Crippen MR) is 101 cm³/mol. The molecule has 0 spiro atoms. The summed E-state index contributed by atoms with van der Waals surface area (Å²) < 4.78 is 0. The van der Waals surface area contributed by atoms with E-state index in [9.17, 15) is 0 Å². The smallest absolute Gasteiger partial charge is 0.224 e. The fourth-order valence-corrected chi connectivity index (χ4v) is 2.93. The summed E-state index contributed by atoms with van der Waals surface area (Å²) >= 11 is 0. The van der Waals surface area contributed by atoms with Crippen molar-refractivity contribution in [2.45, 2.75) is 39.7 Å². The molecule has 1 aromatic heterocycles. The van der Waals surface area contributed by atoms with Gasteiger partial charge >= 0.3 is 0 Å². The van der Waals surface area contributed by atoms with Gasteiger partial charge in [0.15, 0.2) is 0 Å². The fourth-order valence-electron chi connectivity index (χ4n) is 2.93. The number of rotatable bonds is 5. The molecule has 0 aliphatic carbocycles. The van der Waals surface area contributed by atoms with Crippen molar-refractivity contribution in [1.29, 1.82) is 0 Å². The molecule has 0 amide bonds. The maximum atomic E-state index is 4.49. The molecule has 0 radical (unpaired) electrons. The molecule has 24 heavy (non-hydrogen) atoms. The molecule has 2 heterocycles. The van der Waals surface area contributed by atoms with Gasteiger partial charge in [-0.25, -0.2) is 4.98 Å². The first-order valence-corrected chi connectivity index (χ1v) is 8.82. The van der Waals surface area contributed by atoms with Crippen LogP contribution in [0.5, 0.6) is 0 Å². The lowest BCUT2D eigenvalue weighted by molar-refractivity contribution is 0.438. The van der Waals surface area contributed by atoms with Gasteiger partial charge in [0.2, 0.25) is 5.95 Å². The van der Waals surface area contributed by atoms with Gasteiger partial charge in [0.1, 0.15) is 5.82 Å². The first kappa shape index (κ1) is 16.6. The summed E-state index contributed by atoms with van der Waals surface area (Å²) in [5.74, 6) is 2.30. The average Bonchev–Trinajstić information content (AvgIpc) is 2.56. The second-order valence-electron chi connectivity index (χ2n) is 6.91. The van der Waals surface area contributed by atoms with Crippen molar-refractivity contribution in [3.63, 3.8) is 0 Å². The summed E-state index contributed by atoms with van der Waals surface area (Å²) in [6, 6.07) is 10.8. The van der Waals surface area contributed by atoms with E-state index in [4.69, 9.17) is 0 Å². The van der Waals surface area contributed by atoms with Crippen LogP contribution in [0.3, 0.4) is 0 Å². The maximum absolute atomic E-state index is 4.49. The SMILES string of the molecule is CC1CCN(c2ccc(Nc3ccnc(NC(C)C)n3)cc2)CC1. The van der Waals surface area contributed by atoms with Gasteiger partial charge in [-0.15, -0.1) is 0 Å². The van der Waals surface area contributed by atoms with Crippen LogP contribution < -0.4 is 15.5 Å². The second-order valence-corrected chi connectivity index (χ2v) is 6.91. The zero-order valence-electron chi connectivity index (χ0n) is 14.8.